The minimum atomic E-state index is -0.690. The summed E-state index contributed by atoms with van der Waals surface area (Å²) in [5.74, 6) is -0.346. The molecule has 0 bridgehead atoms. The first-order valence-corrected chi connectivity index (χ1v) is 6.69. The molecular weight excluding hydrogens is 249 g/mol. The molecule has 1 spiro atoms. The van der Waals surface area contributed by atoms with Gasteiger partial charge in [0, 0.05) is 31.4 Å². The lowest BCUT2D eigenvalue weighted by atomic mass is 9.80. The number of rotatable bonds is 2. The Bertz CT molecular complexity index is 448. The number of ether oxygens (including phenoxy) is 2. The standard InChI is InChI=1S/C14H18FNO3/c15-12-5-11(7-16-8-12)13(17)10-1-3-19-14(6-10)2-4-18-9-14/h5,7-8,10,13,17H,1-4,6,9H2. The van der Waals surface area contributed by atoms with Gasteiger partial charge in [-0.15, -0.1) is 0 Å². The van der Waals surface area contributed by atoms with Crippen LogP contribution in [0.5, 0.6) is 0 Å². The molecule has 2 saturated heterocycles. The van der Waals surface area contributed by atoms with Crippen LogP contribution < -0.4 is 0 Å². The molecule has 2 aliphatic rings. The highest BCUT2D eigenvalue weighted by Crippen LogP contribution is 2.40. The molecule has 1 N–H and O–H groups in total. The van der Waals surface area contributed by atoms with Gasteiger partial charge in [-0.05, 0) is 24.8 Å². The molecule has 3 rings (SSSR count). The maximum absolute atomic E-state index is 13.2. The lowest BCUT2D eigenvalue weighted by molar-refractivity contribution is -0.117. The highest BCUT2D eigenvalue weighted by atomic mass is 19.1. The third-order valence-corrected chi connectivity index (χ3v) is 4.11. The summed E-state index contributed by atoms with van der Waals surface area (Å²) in [6.45, 7) is 1.93. The van der Waals surface area contributed by atoms with Crippen LogP contribution in [0.2, 0.25) is 0 Å². The van der Waals surface area contributed by atoms with Gasteiger partial charge in [-0.3, -0.25) is 4.98 Å². The Balaban J connectivity index is 1.74. The second kappa shape index (κ2) is 5.15. The Morgan fingerprint density at radius 1 is 1.42 bits per heavy atom. The Hall–Kier alpha value is -1.04. The molecule has 0 aliphatic carbocycles. The highest BCUT2D eigenvalue weighted by Gasteiger charge is 2.43. The zero-order valence-electron chi connectivity index (χ0n) is 10.7. The van der Waals surface area contributed by atoms with Crippen LogP contribution in [-0.2, 0) is 9.47 Å². The van der Waals surface area contributed by atoms with E-state index in [9.17, 15) is 9.50 Å². The molecule has 4 nitrogen and oxygen atoms in total. The van der Waals surface area contributed by atoms with E-state index in [1.54, 1.807) is 0 Å². The van der Waals surface area contributed by atoms with E-state index in [0.717, 1.165) is 25.5 Å². The molecule has 104 valence electrons. The third-order valence-electron chi connectivity index (χ3n) is 4.11. The molecule has 1 aromatic rings. The van der Waals surface area contributed by atoms with E-state index in [-0.39, 0.29) is 11.5 Å². The van der Waals surface area contributed by atoms with E-state index >= 15 is 0 Å². The lowest BCUT2D eigenvalue weighted by Gasteiger charge is -2.39. The number of hydrogen-bond donors (Lipinski definition) is 1. The molecule has 0 amide bonds. The maximum Gasteiger partial charge on any atom is 0.141 e. The summed E-state index contributed by atoms with van der Waals surface area (Å²) in [5, 5.41) is 10.4. The van der Waals surface area contributed by atoms with Gasteiger partial charge < -0.3 is 14.6 Å². The van der Waals surface area contributed by atoms with Gasteiger partial charge in [0.05, 0.1) is 24.5 Å². The third kappa shape index (κ3) is 2.63. The predicted molar refractivity (Wildman–Crippen MR) is 66.0 cm³/mol. The molecule has 0 saturated carbocycles. The Kier molecular flexibility index (Phi) is 3.52. The second-order valence-electron chi connectivity index (χ2n) is 5.47. The summed E-state index contributed by atoms with van der Waals surface area (Å²) in [4.78, 5) is 3.80. The fraction of sp³-hybridized carbons (Fsp3) is 0.643. The van der Waals surface area contributed by atoms with Crippen LogP contribution in [0.4, 0.5) is 4.39 Å². The molecule has 1 aromatic heterocycles. The van der Waals surface area contributed by atoms with Crippen LogP contribution in [0.3, 0.4) is 0 Å². The van der Waals surface area contributed by atoms with Gasteiger partial charge in [0.2, 0.25) is 0 Å². The van der Waals surface area contributed by atoms with E-state index < -0.39 is 11.9 Å². The highest BCUT2D eigenvalue weighted by molar-refractivity contribution is 5.15. The molecule has 3 unspecified atom stereocenters. The number of hydrogen-bond acceptors (Lipinski definition) is 4. The van der Waals surface area contributed by atoms with Gasteiger partial charge in [-0.2, -0.15) is 0 Å². The van der Waals surface area contributed by atoms with Gasteiger partial charge in [0.15, 0.2) is 0 Å². The van der Waals surface area contributed by atoms with Gasteiger partial charge >= 0.3 is 0 Å². The molecule has 2 aliphatic heterocycles. The van der Waals surface area contributed by atoms with Crippen molar-refractivity contribution in [2.24, 2.45) is 5.92 Å². The summed E-state index contributed by atoms with van der Waals surface area (Å²) >= 11 is 0. The minimum absolute atomic E-state index is 0.0686. The first-order chi connectivity index (χ1) is 9.19. The van der Waals surface area contributed by atoms with E-state index in [2.05, 4.69) is 4.98 Å². The monoisotopic (exact) mass is 267 g/mol. The van der Waals surface area contributed by atoms with Crippen molar-refractivity contribution >= 4 is 0 Å². The van der Waals surface area contributed by atoms with Crippen LogP contribution in [0.25, 0.3) is 0 Å². The molecule has 3 heterocycles. The number of pyridine rings is 1. The number of halogens is 1. The quantitative estimate of drug-likeness (QED) is 0.888. The Labute approximate surface area is 111 Å². The average Bonchev–Trinajstić information content (AvgIpc) is 2.86. The van der Waals surface area contributed by atoms with Crippen molar-refractivity contribution in [3.63, 3.8) is 0 Å². The summed E-state index contributed by atoms with van der Waals surface area (Å²) in [5.41, 5.74) is 0.297. The zero-order valence-corrected chi connectivity index (χ0v) is 10.7. The summed E-state index contributed by atoms with van der Waals surface area (Å²) in [6.07, 6.45) is 4.39. The van der Waals surface area contributed by atoms with Gasteiger partial charge in [0.1, 0.15) is 5.82 Å². The molecule has 0 aromatic carbocycles. The molecule has 3 atom stereocenters. The molecule has 2 fully saturated rings. The van der Waals surface area contributed by atoms with Crippen molar-refractivity contribution in [2.75, 3.05) is 19.8 Å². The summed E-state index contributed by atoms with van der Waals surface area (Å²) < 4.78 is 24.4. The first kappa shape index (κ1) is 13.0. The van der Waals surface area contributed by atoms with E-state index in [0.29, 0.717) is 25.4 Å². The van der Waals surface area contributed by atoms with Gasteiger partial charge in [-0.25, -0.2) is 4.39 Å². The van der Waals surface area contributed by atoms with Crippen LogP contribution >= 0.6 is 0 Å². The minimum Gasteiger partial charge on any atom is -0.388 e. The van der Waals surface area contributed by atoms with E-state index in [4.69, 9.17) is 9.47 Å². The van der Waals surface area contributed by atoms with E-state index in [1.807, 2.05) is 0 Å². The number of nitrogens with zero attached hydrogens (tertiary/aromatic N) is 1. The van der Waals surface area contributed by atoms with Crippen molar-refractivity contribution in [3.05, 3.63) is 29.8 Å². The maximum atomic E-state index is 13.2. The molecule has 0 radical (unpaired) electrons. The van der Waals surface area contributed by atoms with Crippen molar-refractivity contribution < 1.29 is 19.0 Å². The lowest BCUT2D eigenvalue weighted by Crippen LogP contribution is -2.41. The number of aliphatic hydroxyl groups is 1. The fourth-order valence-electron chi connectivity index (χ4n) is 3.06. The topological polar surface area (TPSA) is 51.6 Å². The summed E-state index contributed by atoms with van der Waals surface area (Å²) in [6, 6.07) is 1.35. The Morgan fingerprint density at radius 3 is 3.05 bits per heavy atom. The fourth-order valence-corrected chi connectivity index (χ4v) is 3.06. The molecular formula is C14H18FNO3. The second-order valence-corrected chi connectivity index (χ2v) is 5.47. The average molecular weight is 267 g/mol. The molecule has 19 heavy (non-hydrogen) atoms. The smallest absolute Gasteiger partial charge is 0.141 e. The van der Waals surface area contributed by atoms with Crippen molar-refractivity contribution in [1.82, 2.24) is 4.98 Å². The normalized spacial score (nSPS) is 32.6. The van der Waals surface area contributed by atoms with Crippen molar-refractivity contribution in [1.29, 1.82) is 0 Å². The predicted octanol–water partition coefficient (Wildman–Crippen LogP) is 1.84. The van der Waals surface area contributed by atoms with Crippen molar-refractivity contribution in [2.45, 2.75) is 31.0 Å². The SMILES string of the molecule is OC(c1cncc(F)c1)C1CCOC2(CCOC2)C1. The van der Waals surface area contributed by atoms with Crippen molar-refractivity contribution in [3.8, 4) is 0 Å². The van der Waals surface area contributed by atoms with Crippen LogP contribution in [0.15, 0.2) is 18.5 Å². The van der Waals surface area contributed by atoms with Gasteiger partial charge in [-0.1, -0.05) is 0 Å². The number of aromatic nitrogens is 1. The zero-order chi connectivity index (χ0) is 13.3. The largest absolute Gasteiger partial charge is 0.388 e. The van der Waals surface area contributed by atoms with Gasteiger partial charge in [0.25, 0.3) is 0 Å². The Morgan fingerprint density at radius 2 is 2.32 bits per heavy atom. The molecule has 5 heteroatoms. The number of aliphatic hydroxyl groups excluding tert-OH is 1. The van der Waals surface area contributed by atoms with Crippen LogP contribution in [0, 0.1) is 11.7 Å². The van der Waals surface area contributed by atoms with Crippen LogP contribution in [0.1, 0.15) is 30.9 Å². The van der Waals surface area contributed by atoms with E-state index in [1.165, 1.54) is 12.3 Å². The summed E-state index contributed by atoms with van der Waals surface area (Å²) in [7, 11) is 0. The van der Waals surface area contributed by atoms with Crippen LogP contribution in [-0.4, -0.2) is 35.5 Å². The first-order valence-electron chi connectivity index (χ1n) is 6.69.